The Hall–Kier alpha value is -1.92. The Morgan fingerprint density at radius 3 is 2.48 bits per heavy atom. The maximum Gasteiger partial charge on any atom is 0.319 e. The van der Waals surface area contributed by atoms with Crippen LogP contribution >= 0.6 is 0 Å². The number of esters is 2. The third-order valence-electron chi connectivity index (χ3n) is 8.56. The van der Waals surface area contributed by atoms with Crippen molar-refractivity contribution in [1.29, 1.82) is 0 Å². The highest BCUT2D eigenvalue weighted by Gasteiger charge is 2.75. The molecular formula is C22H30O7. The zero-order chi connectivity index (χ0) is 21.4. The normalized spacial score (nSPS) is 45.4. The average molecular weight is 406 g/mol. The Bertz CT molecular complexity index is 786. The summed E-state index contributed by atoms with van der Waals surface area (Å²) in [7, 11) is 0. The van der Waals surface area contributed by atoms with Crippen molar-refractivity contribution in [2.75, 3.05) is 6.61 Å². The van der Waals surface area contributed by atoms with Crippen molar-refractivity contribution in [1.82, 2.24) is 0 Å². The lowest BCUT2D eigenvalue weighted by Gasteiger charge is -2.61. The number of Topliss-reactive ketones (excluding diaryl/α,β-unsaturated/α-hetero) is 1. The maximum absolute atomic E-state index is 13.4. The number of carboxylic acids is 1. The molecular weight excluding hydrogens is 376 g/mol. The molecule has 0 aromatic heterocycles. The van der Waals surface area contributed by atoms with Crippen LogP contribution in [0.4, 0.5) is 0 Å². The standard InChI is InChI=1S/C22H30O7/c1-11-13-5-6-14-21(9-13,17(11)24)19(27)28-10-22(14)15(29-12(2)23)7-8-20(3,4)16(22)18(25)26/h11,13-16H,5-10H2,1-4H3,(H,25,26). The van der Waals surface area contributed by atoms with Gasteiger partial charge in [-0.3, -0.25) is 19.2 Å². The van der Waals surface area contributed by atoms with Crippen LogP contribution < -0.4 is 0 Å². The number of aliphatic carboxylic acids is 1. The SMILES string of the molecule is CC(=O)OC1CCC(C)(C)C(C(=O)O)C12COC(=O)C13CC(CCC12)C(C)C3=O. The molecule has 1 saturated heterocycles. The second-order valence-electron chi connectivity index (χ2n) is 10.3. The van der Waals surface area contributed by atoms with Gasteiger partial charge >= 0.3 is 17.9 Å². The molecule has 7 atom stereocenters. The molecule has 4 aliphatic rings. The van der Waals surface area contributed by atoms with E-state index in [1.165, 1.54) is 6.92 Å². The lowest BCUT2D eigenvalue weighted by Crippen LogP contribution is -2.69. The van der Waals surface area contributed by atoms with Crippen LogP contribution in [0.25, 0.3) is 0 Å². The number of carbonyl (C=O) groups excluding carboxylic acids is 3. The lowest BCUT2D eigenvalue weighted by atomic mass is 9.43. The van der Waals surface area contributed by atoms with E-state index in [0.717, 1.165) is 6.42 Å². The van der Waals surface area contributed by atoms with Gasteiger partial charge < -0.3 is 14.6 Å². The molecule has 0 aromatic rings. The molecule has 2 bridgehead atoms. The number of fused-ring (bicyclic) bond motifs is 2. The highest BCUT2D eigenvalue weighted by atomic mass is 16.6. The molecule has 0 aromatic carbocycles. The number of ether oxygens (including phenoxy) is 2. The number of carbonyl (C=O) groups is 4. The summed E-state index contributed by atoms with van der Waals surface area (Å²) >= 11 is 0. The zero-order valence-corrected chi connectivity index (χ0v) is 17.5. The molecule has 0 amide bonds. The van der Waals surface area contributed by atoms with Crippen LogP contribution in [0.15, 0.2) is 0 Å². The first kappa shape index (κ1) is 20.4. The van der Waals surface area contributed by atoms with Crippen LogP contribution in [0.2, 0.25) is 0 Å². The van der Waals surface area contributed by atoms with Crippen LogP contribution in [0.1, 0.15) is 59.8 Å². The Morgan fingerprint density at radius 2 is 1.86 bits per heavy atom. The Labute approximate surface area is 170 Å². The molecule has 2 spiro atoms. The molecule has 1 N–H and O–H groups in total. The minimum absolute atomic E-state index is 0.119. The van der Waals surface area contributed by atoms with Gasteiger partial charge in [0, 0.05) is 12.8 Å². The van der Waals surface area contributed by atoms with Gasteiger partial charge in [-0.2, -0.15) is 0 Å². The predicted molar refractivity (Wildman–Crippen MR) is 101 cm³/mol. The molecule has 0 radical (unpaired) electrons. The number of carboxylic acid groups (broad SMARTS) is 1. The van der Waals surface area contributed by atoms with E-state index < -0.39 is 52.1 Å². The van der Waals surface area contributed by atoms with E-state index in [1.807, 2.05) is 20.8 Å². The highest BCUT2D eigenvalue weighted by Crippen LogP contribution is 2.68. The van der Waals surface area contributed by atoms with Gasteiger partial charge in [0.1, 0.15) is 18.1 Å². The number of ketones is 1. The van der Waals surface area contributed by atoms with E-state index in [4.69, 9.17) is 9.47 Å². The predicted octanol–water partition coefficient (Wildman–Crippen LogP) is 2.60. The summed E-state index contributed by atoms with van der Waals surface area (Å²) in [4.78, 5) is 51.0. The monoisotopic (exact) mass is 406 g/mol. The van der Waals surface area contributed by atoms with Crippen molar-refractivity contribution < 1.29 is 33.8 Å². The molecule has 3 aliphatic carbocycles. The molecule has 1 heterocycles. The second-order valence-corrected chi connectivity index (χ2v) is 10.3. The van der Waals surface area contributed by atoms with Gasteiger partial charge in [-0.25, -0.2) is 0 Å². The van der Waals surface area contributed by atoms with Gasteiger partial charge in [0.05, 0.1) is 11.3 Å². The maximum atomic E-state index is 13.4. The van der Waals surface area contributed by atoms with E-state index >= 15 is 0 Å². The van der Waals surface area contributed by atoms with Gasteiger partial charge in [0.15, 0.2) is 5.78 Å². The Kier molecular flexibility index (Phi) is 4.41. The molecule has 7 heteroatoms. The molecule has 1 aliphatic heterocycles. The van der Waals surface area contributed by atoms with Gasteiger partial charge in [0.2, 0.25) is 0 Å². The fourth-order valence-electron chi connectivity index (χ4n) is 7.44. The fraction of sp³-hybridized carbons (Fsp3) is 0.818. The largest absolute Gasteiger partial charge is 0.481 e. The number of hydrogen-bond donors (Lipinski definition) is 1. The number of hydrogen-bond acceptors (Lipinski definition) is 6. The van der Waals surface area contributed by atoms with E-state index in [-0.39, 0.29) is 24.2 Å². The van der Waals surface area contributed by atoms with Crippen molar-refractivity contribution >= 4 is 23.7 Å². The Morgan fingerprint density at radius 1 is 1.17 bits per heavy atom. The minimum Gasteiger partial charge on any atom is -0.481 e. The van der Waals surface area contributed by atoms with Gasteiger partial charge in [0.25, 0.3) is 0 Å². The Balaban J connectivity index is 1.93. The van der Waals surface area contributed by atoms with Crippen molar-refractivity contribution in [3.05, 3.63) is 0 Å². The first-order valence-corrected chi connectivity index (χ1v) is 10.6. The highest BCUT2D eigenvalue weighted by molar-refractivity contribution is 6.07. The third-order valence-corrected chi connectivity index (χ3v) is 8.56. The van der Waals surface area contributed by atoms with Crippen LogP contribution in [0, 0.1) is 39.9 Å². The van der Waals surface area contributed by atoms with Crippen LogP contribution in [-0.4, -0.2) is 41.5 Å². The van der Waals surface area contributed by atoms with Crippen molar-refractivity contribution in [2.24, 2.45) is 39.9 Å². The van der Waals surface area contributed by atoms with E-state index in [9.17, 15) is 24.3 Å². The summed E-state index contributed by atoms with van der Waals surface area (Å²) in [6, 6.07) is 0. The minimum atomic E-state index is -1.31. The summed E-state index contributed by atoms with van der Waals surface area (Å²) in [6.07, 6.45) is 2.14. The van der Waals surface area contributed by atoms with Crippen molar-refractivity contribution in [2.45, 2.75) is 65.9 Å². The van der Waals surface area contributed by atoms with E-state index in [2.05, 4.69) is 0 Å². The van der Waals surface area contributed by atoms with Crippen LogP contribution in [0.5, 0.6) is 0 Å². The van der Waals surface area contributed by atoms with E-state index in [0.29, 0.717) is 25.7 Å². The molecule has 3 saturated carbocycles. The van der Waals surface area contributed by atoms with Gasteiger partial charge in [-0.1, -0.05) is 20.8 Å². The van der Waals surface area contributed by atoms with Crippen molar-refractivity contribution in [3.63, 3.8) is 0 Å². The average Bonchev–Trinajstić information content (AvgIpc) is 2.81. The lowest BCUT2D eigenvalue weighted by molar-refractivity contribution is -0.245. The number of rotatable bonds is 2. The molecule has 29 heavy (non-hydrogen) atoms. The molecule has 4 rings (SSSR count). The van der Waals surface area contributed by atoms with Gasteiger partial charge in [-0.05, 0) is 49.4 Å². The molecule has 4 fully saturated rings. The fourth-order valence-corrected chi connectivity index (χ4v) is 7.44. The first-order valence-electron chi connectivity index (χ1n) is 10.6. The topological polar surface area (TPSA) is 107 Å². The second kappa shape index (κ2) is 6.29. The summed E-state index contributed by atoms with van der Waals surface area (Å²) in [5, 5.41) is 10.3. The summed E-state index contributed by atoms with van der Waals surface area (Å²) in [5.74, 6) is -3.60. The molecule has 7 unspecified atom stereocenters. The van der Waals surface area contributed by atoms with E-state index in [1.54, 1.807) is 0 Å². The first-order chi connectivity index (χ1) is 13.5. The molecule has 7 nitrogen and oxygen atoms in total. The zero-order valence-electron chi connectivity index (χ0n) is 17.5. The summed E-state index contributed by atoms with van der Waals surface area (Å²) in [6.45, 7) is 6.87. The quantitative estimate of drug-likeness (QED) is 0.555. The smallest absolute Gasteiger partial charge is 0.319 e. The van der Waals surface area contributed by atoms with Crippen LogP contribution in [0.3, 0.4) is 0 Å². The van der Waals surface area contributed by atoms with Gasteiger partial charge in [-0.15, -0.1) is 0 Å². The van der Waals surface area contributed by atoms with Crippen LogP contribution in [-0.2, 0) is 28.7 Å². The molecule has 160 valence electrons. The van der Waals surface area contributed by atoms with Crippen molar-refractivity contribution in [3.8, 4) is 0 Å². The number of cyclic esters (lactones) is 1. The third kappa shape index (κ3) is 2.48. The summed E-state index contributed by atoms with van der Waals surface area (Å²) < 4.78 is 11.4. The summed E-state index contributed by atoms with van der Waals surface area (Å²) in [5.41, 5.74) is -2.99.